The van der Waals surface area contributed by atoms with Crippen LogP contribution in [0.2, 0.25) is 0 Å². The molecule has 48 heavy (non-hydrogen) atoms. The van der Waals surface area contributed by atoms with Gasteiger partial charge in [-0.25, -0.2) is 15.0 Å². The van der Waals surface area contributed by atoms with E-state index in [1.54, 1.807) is 36.4 Å². The third kappa shape index (κ3) is 6.46. The molecule has 17 heteroatoms. The van der Waals surface area contributed by atoms with Gasteiger partial charge >= 0.3 is 5.91 Å². The highest BCUT2D eigenvalue weighted by Gasteiger charge is 2.28. The molecule has 2 aliphatic heterocycles. The van der Waals surface area contributed by atoms with Crippen LogP contribution in [0, 0.1) is 0 Å². The highest BCUT2D eigenvalue weighted by molar-refractivity contribution is 6.16. The molecule has 246 valence electrons. The topological polar surface area (TPSA) is 199 Å². The van der Waals surface area contributed by atoms with E-state index in [0.717, 1.165) is 11.8 Å². The predicted molar refractivity (Wildman–Crippen MR) is 160 cm³/mol. The summed E-state index contributed by atoms with van der Waals surface area (Å²) in [6.45, 7) is 0.0665. The molecule has 7 rings (SSSR count). The van der Waals surface area contributed by atoms with E-state index in [2.05, 4.69) is 15.0 Å². The zero-order valence-corrected chi connectivity index (χ0v) is 25.7. The number of ether oxygens (including phenoxy) is 4. The molecule has 16 nitrogen and oxygen atoms in total. The zero-order valence-electron chi connectivity index (χ0n) is 24.9. The van der Waals surface area contributed by atoms with Crippen LogP contribution in [-0.2, 0) is 32.1 Å². The van der Waals surface area contributed by atoms with Crippen LogP contribution < -0.4 is 24.7 Å². The number of alkyl halides is 1. The van der Waals surface area contributed by atoms with E-state index in [1.807, 2.05) is 0 Å². The molecular weight excluding hydrogens is 652 g/mol. The Morgan fingerprint density at radius 1 is 0.729 bits per heavy atom. The zero-order chi connectivity index (χ0) is 33.2. The molecule has 2 N–H and O–H groups in total. The number of carbonyl (C=O) groups is 3. The maximum absolute atomic E-state index is 13.9. The Hall–Kier alpha value is -6.03. The number of primary amides is 1. The molecule has 0 bridgehead atoms. The number of rotatable bonds is 12. The molecule has 0 saturated carbocycles. The van der Waals surface area contributed by atoms with Gasteiger partial charge in [-0.15, -0.1) is 11.6 Å². The number of carbonyl (C=O) groups excluding carboxylic acids is 3. The van der Waals surface area contributed by atoms with Gasteiger partial charge in [0.2, 0.25) is 25.4 Å². The van der Waals surface area contributed by atoms with Gasteiger partial charge in [-0.2, -0.15) is 0 Å². The molecule has 0 saturated heterocycles. The van der Waals surface area contributed by atoms with Crippen molar-refractivity contribution in [3.05, 3.63) is 101 Å². The number of benzene rings is 2. The van der Waals surface area contributed by atoms with Crippen molar-refractivity contribution in [2.45, 2.75) is 32.1 Å². The van der Waals surface area contributed by atoms with Crippen molar-refractivity contribution < 1.29 is 46.6 Å². The van der Waals surface area contributed by atoms with Crippen LogP contribution >= 0.6 is 11.6 Å². The Bertz CT molecular complexity index is 2000. The Labute approximate surface area is 275 Å². The number of halogens is 1. The summed E-state index contributed by atoms with van der Waals surface area (Å²) in [6, 6.07) is 10.6. The lowest BCUT2D eigenvalue weighted by Gasteiger charge is -2.21. The van der Waals surface area contributed by atoms with Gasteiger partial charge in [0.15, 0.2) is 34.4 Å². The van der Waals surface area contributed by atoms with Crippen LogP contribution in [-0.4, -0.2) is 56.1 Å². The van der Waals surface area contributed by atoms with Crippen LogP contribution in [0.3, 0.4) is 0 Å². The van der Waals surface area contributed by atoms with Crippen LogP contribution in [0.4, 0.5) is 0 Å². The van der Waals surface area contributed by atoms with Crippen molar-refractivity contribution >= 4 is 29.3 Å². The molecular formula is C31H25ClN6O10. The molecule has 0 radical (unpaired) electrons. The van der Waals surface area contributed by atoms with E-state index < -0.39 is 17.7 Å². The molecule has 2 aromatic carbocycles. The van der Waals surface area contributed by atoms with Gasteiger partial charge in [0.1, 0.15) is 18.3 Å². The summed E-state index contributed by atoms with van der Waals surface area (Å²) in [6.07, 6.45) is 3.68. The minimum absolute atomic E-state index is 0.0355. The van der Waals surface area contributed by atoms with E-state index in [9.17, 15) is 14.4 Å². The largest absolute Gasteiger partial charge is 0.454 e. The monoisotopic (exact) mass is 676 g/mol. The van der Waals surface area contributed by atoms with E-state index >= 15 is 0 Å². The number of nitrogens with two attached hydrogens (primary N) is 1. The number of oxazole rings is 3. The van der Waals surface area contributed by atoms with Gasteiger partial charge in [0.05, 0.1) is 25.2 Å². The fourth-order valence-corrected chi connectivity index (χ4v) is 5.11. The Balaban J connectivity index is 1.13. The summed E-state index contributed by atoms with van der Waals surface area (Å²) < 4.78 is 38.3. The molecule has 5 aromatic rings. The number of hydrogen-bond donors (Lipinski definition) is 1. The highest BCUT2D eigenvalue weighted by atomic mass is 35.5. The first-order valence-corrected chi connectivity index (χ1v) is 14.9. The van der Waals surface area contributed by atoms with Crippen LogP contribution in [0.1, 0.15) is 60.3 Å². The van der Waals surface area contributed by atoms with Gasteiger partial charge < -0.3 is 47.7 Å². The summed E-state index contributed by atoms with van der Waals surface area (Å²) in [5, 5.41) is 0. The maximum atomic E-state index is 13.9. The van der Waals surface area contributed by atoms with Crippen molar-refractivity contribution in [2.75, 3.05) is 13.6 Å². The summed E-state index contributed by atoms with van der Waals surface area (Å²) in [4.78, 5) is 54.3. The van der Waals surface area contributed by atoms with E-state index in [4.69, 9.17) is 49.5 Å². The van der Waals surface area contributed by atoms with Gasteiger partial charge in [-0.05, 0) is 35.4 Å². The molecule has 0 atom stereocenters. The van der Waals surface area contributed by atoms with Crippen molar-refractivity contribution in [3.63, 3.8) is 0 Å². The molecule has 0 aliphatic carbocycles. The second kappa shape index (κ2) is 13.0. The molecule has 0 unspecified atom stereocenters. The van der Waals surface area contributed by atoms with E-state index in [0.29, 0.717) is 34.3 Å². The molecule has 0 spiro atoms. The fraction of sp³-hybridized carbons (Fsp3) is 0.226. The fourth-order valence-electron chi connectivity index (χ4n) is 4.99. The van der Waals surface area contributed by atoms with Crippen LogP contribution in [0.15, 0.2) is 68.4 Å². The first-order chi connectivity index (χ1) is 23.3. The molecule has 0 fully saturated rings. The summed E-state index contributed by atoms with van der Waals surface area (Å²) in [5.41, 5.74) is 6.61. The smallest absolute Gasteiger partial charge is 0.310 e. The second-order valence-electron chi connectivity index (χ2n) is 10.6. The third-order valence-electron chi connectivity index (χ3n) is 7.29. The number of hydrogen-bond acceptors (Lipinski definition) is 13. The summed E-state index contributed by atoms with van der Waals surface area (Å²) >= 11 is 5.85. The van der Waals surface area contributed by atoms with Crippen molar-refractivity contribution in [1.29, 1.82) is 0 Å². The number of amides is 3. The first-order valence-electron chi connectivity index (χ1n) is 14.4. The van der Waals surface area contributed by atoms with Crippen molar-refractivity contribution in [2.24, 2.45) is 5.73 Å². The van der Waals surface area contributed by atoms with E-state index in [-0.39, 0.29) is 74.7 Å². The molecule has 2 aliphatic rings. The van der Waals surface area contributed by atoms with Gasteiger partial charge in [0.25, 0.3) is 17.7 Å². The lowest BCUT2D eigenvalue weighted by Crippen LogP contribution is -2.31. The Morgan fingerprint density at radius 3 is 1.81 bits per heavy atom. The predicted octanol–water partition coefficient (Wildman–Crippen LogP) is 3.63. The normalized spacial score (nSPS) is 12.7. The summed E-state index contributed by atoms with van der Waals surface area (Å²) in [5.74, 6) is 0.686. The third-order valence-corrected chi connectivity index (χ3v) is 7.55. The average Bonchev–Trinajstić information content (AvgIpc) is 3.93. The molecule has 3 amide bonds. The highest BCUT2D eigenvalue weighted by Crippen LogP contribution is 2.34. The number of aromatic nitrogens is 3. The van der Waals surface area contributed by atoms with Crippen molar-refractivity contribution in [3.8, 4) is 23.0 Å². The molecule has 3 aromatic heterocycles. The standard InChI is InChI=1S/C31H25ClN6O10/c32-7-19-8-34-29(48-19)31(41)38(10-18-2-4-23-25(6-18)47-16-45-23)12-27-36-21(14-43-27)30(40)37(11-26-35-20(13-42-26)28(33)39)9-17-1-3-22-24(5-17)46-15-44-22/h1-6,8,13-14H,7,9-12,15-16H2,(H2,33,39). The lowest BCUT2D eigenvalue weighted by molar-refractivity contribution is 0.0672. The number of nitrogens with zero attached hydrogens (tertiary/aromatic N) is 5. The average molecular weight is 677 g/mol. The first kappa shape index (κ1) is 30.6. The van der Waals surface area contributed by atoms with Crippen molar-refractivity contribution in [1.82, 2.24) is 24.8 Å². The van der Waals surface area contributed by atoms with Crippen LogP contribution in [0.5, 0.6) is 23.0 Å². The van der Waals surface area contributed by atoms with Gasteiger partial charge in [0, 0.05) is 13.1 Å². The Kier molecular flexibility index (Phi) is 8.29. The van der Waals surface area contributed by atoms with Crippen LogP contribution in [0.25, 0.3) is 0 Å². The summed E-state index contributed by atoms with van der Waals surface area (Å²) in [7, 11) is 0. The minimum Gasteiger partial charge on any atom is -0.454 e. The molecule has 5 heterocycles. The van der Waals surface area contributed by atoms with Gasteiger partial charge in [-0.3, -0.25) is 14.4 Å². The minimum atomic E-state index is -0.775. The quantitative estimate of drug-likeness (QED) is 0.188. The second-order valence-corrected chi connectivity index (χ2v) is 10.8. The maximum Gasteiger partial charge on any atom is 0.310 e. The Morgan fingerprint density at radius 2 is 1.27 bits per heavy atom. The van der Waals surface area contributed by atoms with Gasteiger partial charge in [-0.1, -0.05) is 12.1 Å². The number of fused-ring (bicyclic) bond motifs is 2. The SMILES string of the molecule is NC(=O)c1coc(CN(Cc2ccc3c(c2)OCO3)C(=O)c2coc(CN(Cc3ccc4c(c3)OCO4)C(=O)c3ncc(CCl)o3)n2)n1. The van der Waals surface area contributed by atoms with E-state index in [1.165, 1.54) is 22.3 Å². The lowest BCUT2D eigenvalue weighted by atomic mass is 10.2.